The minimum Gasteiger partial charge on any atom is -0.383 e. The molecule has 1 aromatic rings. The van der Waals surface area contributed by atoms with Crippen molar-refractivity contribution in [2.45, 2.75) is 25.8 Å². The molecule has 0 spiro atoms. The maximum absolute atomic E-state index is 11.5. The lowest BCUT2D eigenvalue weighted by molar-refractivity contribution is -0.122. The summed E-state index contributed by atoms with van der Waals surface area (Å²) in [5.74, 6) is 0.0494. The van der Waals surface area contributed by atoms with Crippen molar-refractivity contribution >= 4 is 5.91 Å². The summed E-state index contributed by atoms with van der Waals surface area (Å²) in [6.45, 7) is 2.46. The average molecular weight is 222 g/mol. The van der Waals surface area contributed by atoms with Crippen LogP contribution >= 0.6 is 0 Å². The standard InChI is InChI=1S/C12H18N2O2/c1-10(9-16-2)14-12(15)6-5-11-4-3-7-13-8-11/h3-4,7-8,10H,5-6,9H2,1-2H3,(H,14,15). The van der Waals surface area contributed by atoms with E-state index in [0.29, 0.717) is 13.0 Å². The average Bonchev–Trinajstić information content (AvgIpc) is 2.28. The van der Waals surface area contributed by atoms with Gasteiger partial charge in [-0.2, -0.15) is 0 Å². The third-order valence-corrected chi connectivity index (χ3v) is 2.19. The summed E-state index contributed by atoms with van der Waals surface area (Å²) in [5, 5.41) is 2.87. The summed E-state index contributed by atoms with van der Waals surface area (Å²) < 4.78 is 4.94. The van der Waals surface area contributed by atoms with E-state index in [0.717, 1.165) is 12.0 Å². The number of methoxy groups -OCH3 is 1. The molecule has 1 amide bonds. The van der Waals surface area contributed by atoms with E-state index in [1.165, 1.54) is 0 Å². The quantitative estimate of drug-likeness (QED) is 0.786. The first-order chi connectivity index (χ1) is 7.72. The van der Waals surface area contributed by atoms with Crippen LogP contribution in [-0.4, -0.2) is 30.6 Å². The van der Waals surface area contributed by atoms with Crippen LogP contribution < -0.4 is 5.32 Å². The second-order valence-corrected chi connectivity index (χ2v) is 3.79. The van der Waals surface area contributed by atoms with Crippen molar-refractivity contribution in [1.82, 2.24) is 10.3 Å². The van der Waals surface area contributed by atoms with Gasteiger partial charge < -0.3 is 10.1 Å². The first-order valence-electron chi connectivity index (χ1n) is 5.39. The smallest absolute Gasteiger partial charge is 0.220 e. The molecule has 0 aliphatic carbocycles. The monoisotopic (exact) mass is 222 g/mol. The minimum absolute atomic E-state index is 0.0494. The molecule has 0 saturated carbocycles. The second-order valence-electron chi connectivity index (χ2n) is 3.79. The zero-order valence-electron chi connectivity index (χ0n) is 9.77. The minimum atomic E-state index is 0.0494. The molecule has 0 saturated heterocycles. The van der Waals surface area contributed by atoms with Gasteiger partial charge in [0, 0.05) is 32.0 Å². The van der Waals surface area contributed by atoms with Crippen molar-refractivity contribution in [1.29, 1.82) is 0 Å². The number of carbonyl (C=O) groups excluding carboxylic acids is 1. The summed E-state index contributed by atoms with van der Waals surface area (Å²) in [4.78, 5) is 15.5. The summed E-state index contributed by atoms with van der Waals surface area (Å²) in [7, 11) is 1.62. The molecule has 0 aromatic carbocycles. The number of rotatable bonds is 6. The van der Waals surface area contributed by atoms with Gasteiger partial charge in [0.15, 0.2) is 0 Å². The molecule has 1 heterocycles. The zero-order valence-corrected chi connectivity index (χ0v) is 9.77. The van der Waals surface area contributed by atoms with Crippen LogP contribution in [0, 0.1) is 0 Å². The molecule has 1 rings (SSSR count). The molecule has 4 nitrogen and oxygen atoms in total. The Morgan fingerprint density at radius 3 is 3.06 bits per heavy atom. The van der Waals surface area contributed by atoms with Crippen LogP contribution in [0.2, 0.25) is 0 Å². The highest BCUT2D eigenvalue weighted by Crippen LogP contribution is 2.00. The molecule has 0 radical (unpaired) electrons. The van der Waals surface area contributed by atoms with Gasteiger partial charge in [0.2, 0.25) is 5.91 Å². The van der Waals surface area contributed by atoms with Crippen molar-refractivity contribution in [3.05, 3.63) is 30.1 Å². The van der Waals surface area contributed by atoms with Crippen LogP contribution in [-0.2, 0) is 16.0 Å². The number of nitrogens with one attached hydrogen (secondary N) is 1. The fraction of sp³-hybridized carbons (Fsp3) is 0.500. The van der Waals surface area contributed by atoms with Crippen molar-refractivity contribution in [2.75, 3.05) is 13.7 Å². The van der Waals surface area contributed by atoms with Crippen LogP contribution in [0.1, 0.15) is 18.9 Å². The van der Waals surface area contributed by atoms with Gasteiger partial charge in [0.1, 0.15) is 0 Å². The van der Waals surface area contributed by atoms with Crippen molar-refractivity contribution < 1.29 is 9.53 Å². The Labute approximate surface area is 96.0 Å². The van der Waals surface area contributed by atoms with Crippen molar-refractivity contribution in [2.24, 2.45) is 0 Å². The van der Waals surface area contributed by atoms with Crippen LogP contribution in [0.4, 0.5) is 0 Å². The lowest BCUT2D eigenvalue weighted by Crippen LogP contribution is -2.35. The Morgan fingerprint density at radius 2 is 2.44 bits per heavy atom. The van der Waals surface area contributed by atoms with Gasteiger partial charge in [0.25, 0.3) is 0 Å². The first kappa shape index (κ1) is 12.6. The maximum atomic E-state index is 11.5. The van der Waals surface area contributed by atoms with Gasteiger partial charge in [-0.25, -0.2) is 0 Å². The second kappa shape index (κ2) is 6.95. The molecule has 4 heteroatoms. The van der Waals surface area contributed by atoms with Crippen molar-refractivity contribution in [3.8, 4) is 0 Å². The largest absolute Gasteiger partial charge is 0.383 e. The Balaban J connectivity index is 2.25. The molecule has 1 aromatic heterocycles. The van der Waals surface area contributed by atoms with Crippen LogP contribution in [0.3, 0.4) is 0 Å². The predicted molar refractivity (Wildman–Crippen MR) is 62.0 cm³/mol. The fourth-order valence-corrected chi connectivity index (χ4v) is 1.44. The van der Waals surface area contributed by atoms with Crippen LogP contribution in [0.15, 0.2) is 24.5 Å². The SMILES string of the molecule is COCC(C)NC(=O)CCc1cccnc1. The van der Waals surface area contributed by atoms with Gasteiger partial charge in [-0.15, -0.1) is 0 Å². The molecule has 0 aliphatic rings. The van der Waals surface area contributed by atoms with Gasteiger partial charge in [-0.3, -0.25) is 9.78 Å². The van der Waals surface area contributed by atoms with Crippen molar-refractivity contribution in [3.63, 3.8) is 0 Å². The Kier molecular flexibility index (Phi) is 5.50. The molecular formula is C12H18N2O2. The molecule has 16 heavy (non-hydrogen) atoms. The Morgan fingerprint density at radius 1 is 1.62 bits per heavy atom. The number of hydrogen-bond donors (Lipinski definition) is 1. The Bertz CT molecular complexity index is 314. The lowest BCUT2D eigenvalue weighted by atomic mass is 10.1. The number of pyridine rings is 1. The topological polar surface area (TPSA) is 51.2 Å². The van der Waals surface area contributed by atoms with E-state index in [-0.39, 0.29) is 11.9 Å². The van der Waals surface area contributed by atoms with E-state index in [2.05, 4.69) is 10.3 Å². The molecule has 88 valence electrons. The molecule has 0 bridgehead atoms. The number of amides is 1. The molecule has 0 fully saturated rings. The molecule has 1 unspecified atom stereocenters. The van der Waals surface area contributed by atoms with E-state index in [4.69, 9.17) is 4.74 Å². The van der Waals surface area contributed by atoms with E-state index in [1.54, 1.807) is 19.5 Å². The zero-order chi connectivity index (χ0) is 11.8. The van der Waals surface area contributed by atoms with Crippen LogP contribution in [0.5, 0.6) is 0 Å². The summed E-state index contributed by atoms with van der Waals surface area (Å²) >= 11 is 0. The third-order valence-electron chi connectivity index (χ3n) is 2.19. The molecule has 1 atom stereocenters. The lowest BCUT2D eigenvalue weighted by Gasteiger charge is -2.12. The maximum Gasteiger partial charge on any atom is 0.220 e. The first-order valence-corrected chi connectivity index (χ1v) is 5.39. The number of ether oxygens (including phenoxy) is 1. The Hall–Kier alpha value is -1.42. The normalized spacial score (nSPS) is 12.1. The van der Waals surface area contributed by atoms with E-state index in [1.807, 2.05) is 19.1 Å². The van der Waals surface area contributed by atoms with Gasteiger partial charge in [0.05, 0.1) is 6.61 Å². The molecular weight excluding hydrogens is 204 g/mol. The van der Waals surface area contributed by atoms with E-state index < -0.39 is 0 Å². The highest BCUT2D eigenvalue weighted by Gasteiger charge is 2.06. The highest BCUT2D eigenvalue weighted by atomic mass is 16.5. The third kappa shape index (κ3) is 4.89. The highest BCUT2D eigenvalue weighted by molar-refractivity contribution is 5.76. The molecule has 1 N–H and O–H groups in total. The van der Waals surface area contributed by atoms with E-state index in [9.17, 15) is 4.79 Å². The van der Waals surface area contributed by atoms with Gasteiger partial charge in [-0.1, -0.05) is 6.07 Å². The van der Waals surface area contributed by atoms with Crippen LogP contribution in [0.25, 0.3) is 0 Å². The number of carbonyl (C=O) groups is 1. The number of nitrogens with zero attached hydrogens (tertiary/aromatic N) is 1. The fourth-order valence-electron chi connectivity index (χ4n) is 1.44. The summed E-state index contributed by atoms with van der Waals surface area (Å²) in [6.07, 6.45) is 4.72. The van der Waals surface area contributed by atoms with E-state index >= 15 is 0 Å². The summed E-state index contributed by atoms with van der Waals surface area (Å²) in [6, 6.07) is 3.91. The van der Waals surface area contributed by atoms with Gasteiger partial charge >= 0.3 is 0 Å². The predicted octanol–water partition coefficient (Wildman–Crippen LogP) is 1.17. The van der Waals surface area contributed by atoms with Gasteiger partial charge in [-0.05, 0) is 25.0 Å². The summed E-state index contributed by atoms with van der Waals surface area (Å²) in [5.41, 5.74) is 1.08. The number of aromatic nitrogens is 1. The molecule has 0 aliphatic heterocycles. The number of hydrogen-bond acceptors (Lipinski definition) is 3. The number of aryl methyl sites for hydroxylation is 1.